The van der Waals surface area contributed by atoms with Gasteiger partial charge in [0.1, 0.15) is 6.04 Å². The van der Waals surface area contributed by atoms with Crippen LogP contribution in [-0.2, 0) is 9.53 Å². The van der Waals surface area contributed by atoms with Gasteiger partial charge in [-0.25, -0.2) is 4.79 Å². The summed E-state index contributed by atoms with van der Waals surface area (Å²) < 4.78 is 5.03. The highest BCUT2D eigenvalue weighted by atomic mass is 32.1. The predicted octanol–water partition coefficient (Wildman–Crippen LogP) is 2.07. The fraction of sp³-hybridized carbons (Fsp3) is 0.500. The van der Waals surface area contributed by atoms with E-state index in [0.717, 1.165) is 0 Å². The first-order chi connectivity index (χ1) is 8.00. The lowest BCUT2D eigenvalue weighted by Crippen LogP contribution is -2.39. The fourth-order valence-electron chi connectivity index (χ4n) is 1.11. The number of nitrogens with one attached hydrogen (secondary N) is 1. The van der Waals surface area contributed by atoms with E-state index in [0.29, 0.717) is 17.4 Å². The Kier molecular flexibility index (Phi) is 5.15. The summed E-state index contributed by atoms with van der Waals surface area (Å²) in [4.78, 5) is 23.8. The number of esters is 1. The van der Waals surface area contributed by atoms with Gasteiger partial charge in [-0.15, -0.1) is 11.3 Å². The van der Waals surface area contributed by atoms with Gasteiger partial charge in [-0.2, -0.15) is 0 Å². The average molecular weight is 255 g/mol. The van der Waals surface area contributed by atoms with Gasteiger partial charge in [-0.1, -0.05) is 19.9 Å². The summed E-state index contributed by atoms with van der Waals surface area (Å²) in [5.41, 5.74) is 0. The van der Waals surface area contributed by atoms with Gasteiger partial charge in [-0.05, 0) is 24.3 Å². The number of carbonyl (C=O) groups is 2. The fourth-order valence-corrected chi connectivity index (χ4v) is 1.74. The van der Waals surface area contributed by atoms with E-state index < -0.39 is 12.0 Å². The van der Waals surface area contributed by atoms with Crippen molar-refractivity contribution in [1.29, 1.82) is 0 Å². The number of hydrogen-bond donors (Lipinski definition) is 1. The summed E-state index contributed by atoms with van der Waals surface area (Å²) >= 11 is 1.34. The molecule has 0 aliphatic carbocycles. The Balaban J connectivity index is 2.41. The van der Waals surface area contributed by atoms with Crippen LogP contribution in [0.3, 0.4) is 0 Å². The summed E-state index contributed by atoms with van der Waals surface area (Å²) in [6, 6.07) is 2.89. The first-order valence-corrected chi connectivity index (χ1v) is 6.39. The smallest absolute Gasteiger partial charge is 0.328 e. The van der Waals surface area contributed by atoms with Crippen LogP contribution >= 0.6 is 11.3 Å². The zero-order valence-electron chi connectivity index (χ0n) is 10.2. The SMILES string of the molecule is CC(C)COC(=O)[C@@H](C)NC(=O)c1cccs1. The number of carbonyl (C=O) groups excluding carboxylic acids is 2. The lowest BCUT2D eigenvalue weighted by molar-refractivity contribution is -0.146. The summed E-state index contributed by atoms with van der Waals surface area (Å²) in [6.45, 7) is 5.91. The highest BCUT2D eigenvalue weighted by molar-refractivity contribution is 7.12. The molecule has 0 saturated heterocycles. The molecule has 0 bridgehead atoms. The highest BCUT2D eigenvalue weighted by Gasteiger charge is 2.18. The Labute approximate surface area is 105 Å². The Bertz CT molecular complexity index is 373. The van der Waals surface area contributed by atoms with Crippen LogP contribution in [0.15, 0.2) is 17.5 Å². The molecule has 0 fully saturated rings. The van der Waals surface area contributed by atoms with Gasteiger partial charge in [0, 0.05) is 0 Å². The molecule has 1 amide bonds. The van der Waals surface area contributed by atoms with Gasteiger partial charge >= 0.3 is 5.97 Å². The number of ether oxygens (including phenoxy) is 1. The molecule has 5 heteroatoms. The number of amides is 1. The van der Waals surface area contributed by atoms with Crippen molar-refractivity contribution in [3.8, 4) is 0 Å². The molecule has 94 valence electrons. The minimum Gasteiger partial charge on any atom is -0.464 e. The first kappa shape index (κ1) is 13.7. The van der Waals surface area contributed by atoms with Gasteiger partial charge in [0.25, 0.3) is 5.91 Å². The lowest BCUT2D eigenvalue weighted by atomic mass is 10.2. The Morgan fingerprint density at radius 1 is 1.41 bits per heavy atom. The molecule has 1 rings (SSSR count). The Morgan fingerprint density at radius 2 is 2.12 bits per heavy atom. The van der Waals surface area contributed by atoms with Crippen LogP contribution in [0.1, 0.15) is 30.4 Å². The van der Waals surface area contributed by atoms with E-state index in [9.17, 15) is 9.59 Å². The van der Waals surface area contributed by atoms with Crippen molar-refractivity contribution in [3.05, 3.63) is 22.4 Å². The molecular weight excluding hydrogens is 238 g/mol. The average Bonchev–Trinajstić information content (AvgIpc) is 2.78. The topological polar surface area (TPSA) is 55.4 Å². The number of hydrogen-bond acceptors (Lipinski definition) is 4. The summed E-state index contributed by atoms with van der Waals surface area (Å²) in [5.74, 6) is -0.350. The van der Waals surface area contributed by atoms with Crippen molar-refractivity contribution < 1.29 is 14.3 Å². The van der Waals surface area contributed by atoms with Crippen LogP contribution in [0.5, 0.6) is 0 Å². The predicted molar refractivity (Wildman–Crippen MR) is 67.0 cm³/mol. The summed E-state index contributed by atoms with van der Waals surface area (Å²) in [6.07, 6.45) is 0. The zero-order valence-corrected chi connectivity index (χ0v) is 11.0. The third kappa shape index (κ3) is 4.56. The first-order valence-electron chi connectivity index (χ1n) is 5.51. The lowest BCUT2D eigenvalue weighted by Gasteiger charge is -2.13. The van der Waals surface area contributed by atoms with E-state index in [1.165, 1.54) is 11.3 Å². The molecule has 0 saturated carbocycles. The molecule has 0 unspecified atom stereocenters. The van der Waals surface area contributed by atoms with E-state index in [1.54, 1.807) is 19.1 Å². The molecule has 17 heavy (non-hydrogen) atoms. The van der Waals surface area contributed by atoms with Crippen molar-refractivity contribution in [2.45, 2.75) is 26.8 Å². The molecule has 1 heterocycles. The zero-order chi connectivity index (χ0) is 12.8. The molecule has 4 nitrogen and oxygen atoms in total. The second-order valence-corrected chi connectivity index (χ2v) is 5.14. The maximum absolute atomic E-state index is 11.7. The monoisotopic (exact) mass is 255 g/mol. The van der Waals surface area contributed by atoms with Crippen molar-refractivity contribution in [2.24, 2.45) is 5.92 Å². The van der Waals surface area contributed by atoms with Crippen LogP contribution in [0.25, 0.3) is 0 Å². The van der Waals surface area contributed by atoms with E-state index in [1.807, 2.05) is 19.2 Å². The summed E-state index contributed by atoms with van der Waals surface area (Å²) in [5, 5.41) is 4.42. The molecule has 0 radical (unpaired) electrons. The van der Waals surface area contributed by atoms with Crippen LogP contribution in [0.2, 0.25) is 0 Å². The van der Waals surface area contributed by atoms with Crippen molar-refractivity contribution in [2.75, 3.05) is 6.61 Å². The van der Waals surface area contributed by atoms with Gasteiger partial charge in [0.05, 0.1) is 11.5 Å². The third-order valence-electron chi connectivity index (χ3n) is 2.01. The standard InChI is InChI=1S/C12H17NO3S/c1-8(2)7-16-12(15)9(3)13-11(14)10-5-4-6-17-10/h4-6,8-9H,7H2,1-3H3,(H,13,14)/t9-/m1/s1. The Hall–Kier alpha value is -1.36. The molecule has 1 aromatic heterocycles. The number of rotatable bonds is 5. The largest absolute Gasteiger partial charge is 0.464 e. The molecule has 1 atom stereocenters. The van der Waals surface area contributed by atoms with Crippen LogP contribution < -0.4 is 5.32 Å². The maximum Gasteiger partial charge on any atom is 0.328 e. The second-order valence-electron chi connectivity index (χ2n) is 4.20. The van der Waals surface area contributed by atoms with Crippen LogP contribution in [-0.4, -0.2) is 24.5 Å². The van der Waals surface area contributed by atoms with Gasteiger partial charge in [0.15, 0.2) is 0 Å². The van der Waals surface area contributed by atoms with E-state index in [4.69, 9.17) is 4.74 Å². The van der Waals surface area contributed by atoms with Crippen molar-refractivity contribution in [1.82, 2.24) is 5.32 Å². The molecule has 0 aliphatic rings. The Morgan fingerprint density at radius 3 is 2.65 bits per heavy atom. The second kappa shape index (κ2) is 6.39. The molecule has 1 N–H and O–H groups in total. The van der Waals surface area contributed by atoms with Gasteiger partial charge < -0.3 is 10.1 Å². The van der Waals surface area contributed by atoms with E-state index in [2.05, 4.69) is 5.32 Å². The minimum atomic E-state index is -0.622. The summed E-state index contributed by atoms with van der Waals surface area (Å²) in [7, 11) is 0. The van der Waals surface area contributed by atoms with E-state index >= 15 is 0 Å². The van der Waals surface area contributed by atoms with Gasteiger partial charge in [0.2, 0.25) is 0 Å². The van der Waals surface area contributed by atoms with Crippen molar-refractivity contribution >= 4 is 23.2 Å². The third-order valence-corrected chi connectivity index (χ3v) is 2.87. The normalized spacial score (nSPS) is 12.2. The van der Waals surface area contributed by atoms with Crippen LogP contribution in [0, 0.1) is 5.92 Å². The highest BCUT2D eigenvalue weighted by Crippen LogP contribution is 2.08. The molecule has 0 aromatic carbocycles. The van der Waals surface area contributed by atoms with E-state index in [-0.39, 0.29) is 5.91 Å². The molecule has 0 spiro atoms. The molecular formula is C12H17NO3S. The van der Waals surface area contributed by atoms with Crippen LogP contribution in [0.4, 0.5) is 0 Å². The molecule has 0 aliphatic heterocycles. The maximum atomic E-state index is 11.7. The minimum absolute atomic E-state index is 0.242. The quantitative estimate of drug-likeness (QED) is 0.819. The van der Waals surface area contributed by atoms with Crippen molar-refractivity contribution in [3.63, 3.8) is 0 Å². The number of thiophene rings is 1. The molecule has 1 aromatic rings. The van der Waals surface area contributed by atoms with Gasteiger partial charge in [-0.3, -0.25) is 4.79 Å².